The van der Waals surface area contributed by atoms with Crippen molar-refractivity contribution in [1.29, 1.82) is 0 Å². The van der Waals surface area contributed by atoms with E-state index in [1.807, 2.05) is 6.92 Å². The topological polar surface area (TPSA) is 52.6 Å². The van der Waals surface area contributed by atoms with Crippen LogP contribution in [0.1, 0.15) is 19.8 Å². The van der Waals surface area contributed by atoms with Gasteiger partial charge in [-0.3, -0.25) is 0 Å². The zero-order valence-corrected chi connectivity index (χ0v) is 9.49. The van der Waals surface area contributed by atoms with Crippen molar-refractivity contribution in [3.63, 3.8) is 0 Å². The van der Waals surface area contributed by atoms with Gasteiger partial charge in [0.2, 0.25) is 0 Å². The molecule has 4 heteroatoms. The maximum Gasteiger partial charge on any atom is 0.328 e. The number of carboxylic acid groups (broad SMARTS) is 1. The molecule has 0 amide bonds. The highest BCUT2D eigenvalue weighted by atomic mass is 16.4. The van der Waals surface area contributed by atoms with Gasteiger partial charge in [-0.05, 0) is 33.4 Å². The molecule has 0 aliphatic carbocycles. The zero-order chi connectivity index (χ0) is 11.3. The second-order valence-electron chi connectivity index (χ2n) is 4.24. The molecule has 86 valence electrons. The van der Waals surface area contributed by atoms with Crippen LogP contribution in [0.5, 0.6) is 0 Å². The van der Waals surface area contributed by atoms with Gasteiger partial charge >= 0.3 is 5.97 Å². The van der Waals surface area contributed by atoms with E-state index in [0.717, 1.165) is 12.1 Å². The van der Waals surface area contributed by atoms with Gasteiger partial charge in [0.25, 0.3) is 0 Å². The first kappa shape index (κ1) is 12.2. The quantitative estimate of drug-likeness (QED) is 0.659. The lowest BCUT2D eigenvalue weighted by atomic mass is 10.2. The van der Waals surface area contributed by atoms with Gasteiger partial charge in [-0.25, -0.2) is 4.79 Å². The first-order valence-corrected chi connectivity index (χ1v) is 5.40. The Kier molecular flexibility index (Phi) is 4.78. The van der Waals surface area contributed by atoms with Crippen molar-refractivity contribution in [3.05, 3.63) is 11.6 Å². The lowest BCUT2D eigenvalue weighted by molar-refractivity contribution is -0.131. The van der Waals surface area contributed by atoms with E-state index in [1.54, 1.807) is 0 Å². The summed E-state index contributed by atoms with van der Waals surface area (Å²) in [6, 6.07) is 0.614. The number of rotatable bonds is 5. The smallest absolute Gasteiger partial charge is 0.328 e. The number of nitrogens with zero attached hydrogens (tertiary/aromatic N) is 1. The molecule has 4 nitrogen and oxygen atoms in total. The zero-order valence-electron chi connectivity index (χ0n) is 9.49. The molecule has 0 spiro atoms. The maximum absolute atomic E-state index is 10.4. The van der Waals surface area contributed by atoms with E-state index in [0.29, 0.717) is 12.6 Å². The Labute approximate surface area is 91.0 Å². The van der Waals surface area contributed by atoms with Crippen molar-refractivity contribution in [2.45, 2.75) is 25.8 Å². The van der Waals surface area contributed by atoms with Crippen LogP contribution in [0.15, 0.2) is 11.6 Å². The Morgan fingerprint density at radius 1 is 1.67 bits per heavy atom. The molecule has 1 aliphatic rings. The molecule has 1 saturated heterocycles. The first-order chi connectivity index (χ1) is 7.09. The van der Waals surface area contributed by atoms with E-state index in [2.05, 4.69) is 17.3 Å². The largest absolute Gasteiger partial charge is 0.478 e. The van der Waals surface area contributed by atoms with Crippen LogP contribution in [0, 0.1) is 0 Å². The number of carboxylic acids is 1. The Morgan fingerprint density at radius 2 is 2.40 bits per heavy atom. The second kappa shape index (κ2) is 5.88. The van der Waals surface area contributed by atoms with Gasteiger partial charge in [0.15, 0.2) is 0 Å². The Morgan fingerprint density at radius 3 is 2.93 bits per heavy atom. The van der Waals surface area contributed by atoms with Crippen LogP contribution in [0.3, 0.4) is 0 Å². The molecule has 0 radical (unpaired) electrons. The van der Waals surface area contributed by atoms with E-state index < -0.39 is 5.97 Å². The highest BCUT2D eigenvalue weighted by Gasteiger charge is 2.19. The molecule has 2 N–H and O–H groups in total. The van der Waals surface area contributed by atoms with E-state index in [-0.39, 0.29) is 0 Å². The molecule has 0 aromatic carbocycles. The third kappa shape index (κ3) is 4.44. The highest BCUT2D eigenvalue weighted by molar-refractivity contribution is 5.80. The third-order valence-corrected chi connectivity index (χ3v) is 2.83. The van der Waals surface area contributed by atoms with Crippen LogP contribution in [0.25, 0.3) is 0 Å². The fourth-order valence-electron chi connectivity index (χ4n) is 1.93. The van der Waals surface area contributed by atoms with Gasteiger partial charge < -0.3 is 15.3 Å². The van der Waals surface area contributed by atoms with Crippen LogP contribution in [-0.2, 0) is 4.79 Å². The number of hydrogen-bond acceptors (Lipinski definition) is 3. The number of likely N-dealkylation sites (N-methyl/N-ethyl adjacent to an activating group) is 1. The minimum absolute atomic E-state index is 0.614. The van der Waals surface area contributed by atoms with Crippen molar-refractivity contribution in [2.24, 2.45) is 0 Å². The normalized spacial score (nSPS) is 23.3. The molecule has 1 aliphatic heterocycles. The molecule has 0 bridgehead atoms. The number of likely N-dealkylation sites (tertiary alicyclic amines) is 1. The predicted octanol–water partition coefficient (Wildman–Crippen LogP) is 0.701. The number of aliphatic carboxylic acids is 1. The average molecular weight is 212 g/mol. The van der Waals surface area contributed by atoms with Gasteiger partial charge in [0.05, 0.1) is 0 Å². The second-order valence-corrected chi connectivity index (χ2v) is 4.24. The molecule has 1 rings (SSSR count). The minimum atomic E-state index is -0.868. The van der Waals surface area contributed by atoms with Crippen LogP contribution < -0.4 is 5.32 Å². The Balaban J connectivity index is 2.18. The predicted molar refractivity (Wildman–Crippen MR) is 59.9 cm³/mol. The summed E-state index contributed by atoms with van der Waals surface area (Å²) in [5.74, 6) is -0.868. The van der Waals surface area contributed by atoms with Crippen LogP contribution in [0.4, 0.5) is 0 Å². The summed E-state index contributed by atoms with van der Waals surface area (Å²) in [4.78, 5) is 12.7. The maximum atomic E-state index is 10.4. The van der Waals surface area contributed by atoms with Gasteiger partial charge in [-0.1, -0.05) is 5.57 Å². The van der Waals surface area contributed by atoms with Gasteiger partial charge in [-0.15, -0.1) is 0 Å². The van der Waals surface area contributed by atoms with Crippen LogP contribution >= 0.6 is 0 Å². The van der Waals surface area contributed by atoms with E-state index in [1.165, 1.54) is 25.5 Å². The fourth-order valence-corrected chi connectivity index (χ4v) is 1.93. The van der Waals surface area contributed by atoms with E-state index in [4.69, 9.17) is 5.11 Å². The number of hydrogen-bond donors (Lipinski definition) is 2. The van der Waals surface area contributed by atoms with Crippen molar-refractivity contribution in [1.82, 2.24) is 10.2 Å². The lowest BCUT2D eigenvalue weighted by Gasteiger charge is -2.19. The summed E-state index contributed by atoms with van der Waals surface area (Å²) in [6.07, 6.45) is 3.77. The Hall–Kier alpha value is -0.870. The third-order valence-electron chi connectivity index (χ3n) is 2.83. The molecule has 1 unspecified atom stereocenters. The molecule has 1 heterocycles. The van der Waals surface area contributed by atoms with Crippen molar-refractivity contribution >= 4 is 5.97 Å². The Bertz CT molecular complexity index is 251. The van der Waals surface area contributed by atoms with Crippen molar-refractivity contribution in [3.8, 4) is 0 Å². The van der Waals surface area contributed by atoms with Crippen molar-refractivity contribution in [2.75, 3.05) is 26.7 Å². The minimum Gasteiger partial charge on any atom is -0.478 e. The summed E-state index contributed by atoms with van der Waals surface area (Å²) in [5, 5.41) is 11.8. The highest BCUT2D eigenvalue weighted by Crippen LogP contribution is 2.13. The average Bonchev–Trinajstić information content (AvgIpc) is 2.50. The fraction of sp³-hybridized carbons (Fsp3) is 0.727. The number of carbonyl (C=O) groups is 1. The SMILES string of the molecule is CC(=CC(=O)O)CNCC1CCCN1C. The molecular formula is C11H20N2O2. The molecule has 0 aromatic heterocycles. The monoisotopic (exact) mass is 212 g/mol. The molecule has 1 fully saturated rings. The number of nitrogens with one attached hydrogen (secondary N) is 1. The van der Waals surface area contributed by atoms with Gasteiger partial charge in [-0.2, -0.15) is 0 Å². The molecule has 15 heavy (non-hydrogen) atoms. The lowest BCUT2D eigenvalue weighted by Crippen LogP contribution is -2.36. The van der Waals surface area contributed by atoms with Crippen LogP contribution in [0.2, 0.25) is 0 Å². The first-order valence-electron chi connectivity index (χ1n) is 5.40. The van der Waals surface area contributed by atoms with E-state index >= 15 is 0 Å². The summed E-state index contributed by atoms with van der Waals surface area (Å²) in [6.45, 7) is 4.62. The summed E-state index contributed by atoms with van der Waals surface area (Å²) in [7, 11) is 2.14. The summed E-state index contributed by atoms with van der Waals surface area (Å²) in [5.41, 5.74) is 0.864. The van der Waals surface area contributed by atoms with Gasteiger partial charge in [0, 0.05) is 25.2 Å². The molecule has 0 aromatic rings. The summed E-state index contributed by atoms with van der Waals surface area (Å²) >= 11 is 0. The van der Waals surface area contributed by atoms with Crippen LogP contribution in [-0.4, -0.2) is 48.7 Å². The van der Waals surface area contributed by atoms with Crippen molar-refractivity contribution < 1.29 is 9.90 Å². The molecule has 1 atom stereocenters. The standard InChI is InChI=1S/C11H20N2O2/c1-9(6-11(14)15)7-12-8-10-4-3-5-13(10)2/h6,10,12H,3-5,7-8H2,1-2H3,(H,14,15). The summed E-state index contributed by atoms with van der Waals surface area (Å²) < 4.78 is 0. The molecule has 0 saturated carbocycles. The van der Waals surface area contributed by atoms with Gasteiger partial charge in [0.1, 0.15) is 0 Å². The van der Waals surface area contributed by atoms with E-state index in [9.17, 15) is 4.79 Å². The molecular weight excluding hydrogens is 192 g/mol.